The third kappa shape index (κ3) is 3.54. The standard InChI is InChI=1S/C15H21FN2O4S/c1-15(2)9-18(5-4-13(15)17)23(20,21)12-7-10(14(19)22-3)6-11(16)8-12/h6-8,13H,4-5,9,17H2,1-3H3. The van der Waals surface area contributed by atoms with E-state index in [0.717, 1.165) is 25.3 Å². The Morgan fingerprint density at radius 1 is 1.39 bits per heavy atom. The Balaban J connectivity index is 2.40. The first-order valence-electron chi connectivity index (χ1n) is 7.22. The van der Waals surface area contributed by atoms with Crippen molar-refractivity contribution in [2.24, 2.45) is 11.1 Å². The van der Waals surface area contributed by atoms with Crippen LogP contribution in [0.4, 0.5) is 4.39 Å². The van der Waals surface area contributed by atoms with Gasteiger partial charge in [-0.1, -0.05) is 13.8 Å². The van der Waals surface area contributed by atoms with Crippen molar-refractivity contribution in [1.82, 2.24) is 4.31 Å². The SMILES string of the molecule is COC(=O)c1cc(F)cc(S(=O)(=O)N2CCC(N)C(C)(C)C2)c1. The molecule has 1 atom stereocenters. The first kappa shape index (κ1) is 17.8. The van der Waals surface area contributed by atoms with Gasteiger partial charge in [-0.3, -0.25) is 0 Å². The van der Waals surface area contributed by atoms with Crippen LogP contribution >= 0.6 is 0 Å². The summed E-state index contributed by atoms with van der Waals surface area (Å²) in [4.78, 5) is 11.3. The fourth-order valence-electron chi connectivity index (χ4n) is 2.63. The molecule has 0 spiro atoms. The van der Waals surface area contributed by atoms with Crippen molar-refractivity contribution in [1.29, 1.82) is 0 Å². The van der Waals surface area contributed by atoms with Gasteiger partial charge >= 0.3 is 5.97 Å². The third-order valence-electron chi connectivity index (χ3n) is 4.21. The van der Waals surface area contributed by atoms with E-state index in [1.54, 1.807) is 0 Å². The summed E-state index contributed by atoms with van der Waals surface area (Å²) in [6.45, 7) is 4.28. The van der Waals surface area contributed by atoms with Gasteiger partial charge in [-0.25, -0.2) is 17.6 Å². The number of hydrogen-bond donors (Lipinski definition) is 1. The minimum Gasteiger partial charge on any atom is -0.465 e. The number of ether oxygens (including phenoxy) is 1. The summed E-state index contributed by atoms with van der Waals surface area (Å²) >= 11 is 0. The van der Waals surface area contributed by atoms with Gasteiger partial charge in [0.05, 0.1) is 17.6 Å². The molecule has 0 saturated carbocycles. The van der Waals surface area contributed by atoms with E-state index in [4.69, 9.17) is 5.73 Å². The van der Waals surface area contributed by atoms with Crippen molar-refractivity contribution in [3.63, 3.8) is 0 Å². The number of sulfonamides is 1. The summed E-state index contributed by atoms with van der Waals surface area (Å²) in [5.41, 5.74) is 5.50. The number of nitrogens with zero attached hydrogens (tertiary/aromatic N) is 1. The molecular formula is C15H21FN2O4S. The first-order chi connectivity index (χ1) is 10.6. The molecule has 0 radical (unpaired) electrons. The number of carbonyl (C=O) groups excluding carboxylic acids is 1. The molecule has 2 rings (SSSR count). The van der Waals surface area contributed by atoms with Crippen molar-refractivity contribution < 1.29 is 22.3 Å². The molecule has 23 heavy (non-hydrogen) atoms. The monoisotopic (exact) mass is 344 g/mol. The lowest BCUT2D eigenvalue weighted by molar-refractivity contribution is 0.0600. The molecule has 1 heterocycles. The number of carbonyl (C=O) groups is 1. The maximum absolute atomic E-state index is 13.7. The van der Waals surface area contributed by atoms with Crippen molar-refractivity contribution in [3.8, 4) is 0 Å². The second-order valence-electron chi connectivity index (χ2n) is 6.39. The predicted octanol–water partition coefficient (Wildman–Crippen LogP) is 1.36. The maximum atomic E-state index is 13.7. The summed E-state index contributed by atoms with van der Waals surface area (Å²) in [6, 6.07) is 2.88. The summed E-state index contributed by atoms with van der Waals surface area (Å²) in [5, 5.41) is 0. The summed E-state index contributed by atoms with van der Waals surface area (Å²) in [7, 11) is -2.76. The number of rotatable bonds is 3. The Morgan fingerprint density at radius 3 is 2.61 bits per heavy atom. The molecule has 1 aliphatic heterocycles. The zero-order valence-corrected chi connectivity index (χ0v) is 14.2. The Morgan fingerprint density at radius 2 is 2.04 bits per heavy atom. The van der Waals surface area contributed by atoms with Gasteiger partial charge in [-0.05, 0) is 30.0 Å². The van der Waals surface area contributed by atoms with Gasteiger partial charge in [0, 0.05) is 19.1 Å². The molecule has 1 aromatic rings. The van der Waals surface area contributed by atoms with Crippen LogP contribution in [0.1, 0.15) is 30.6 Å². The van der Waals surface area contributed by atoms with Crippen LogP contribution in [0, 0.1) is 11.2 Å². The molecule has 1 aliphatic rings. The van der Waals surface area contributed by atoms with E-state index in [0.29, 0.717) is 6.42 Å². The first-order valence-corrected chi connectivity index (χ1v) is 8.66. The fraction of sp³-hybridized carbons (Fsp3) is 0.533. The van der Waals surface area contributed by atoms with Crippen LogP contribution < -0.4 is 5.73 Å². The largest absolute Gasteiger partial charge is 0.465 e. The lowest BCUT2D eigenvalue weighted by Gasteiger charge is -2.41. The zero-order chi connectivity index (χ0) is 17.4. The molecular weight excluding hydrogens is 323 g/mol. The van der Waals surface area contributed by atoms with Crippen LogP contribution in [-0.4, -0.2) is 44.9 Å². The highest BCUT2D eigenvalue weighted by Gasteiger charge is 2.39. The van der Waals surface area contributed by atoms with Crippen molar-refractivity contribution in [3.05, 3.63) is 29.6 Å². The van der Waals surface area contributed by atoms with Crippen LogP contribution in [0.15, 0.2) is 23.1 Å². The smallest absolute Gasteiger partial charge is 0.337 e. The minimum absolute atomic E-state index is 0.105. The van der Waals surface area contributed by atoms with Crippen LogP contribution in [0.5, 0.6) is 0 Å². The van der Waals surface area contributed by atoms with E-state index in [9.17, 15) is 17.6 Å². The highest BCUT2D eigenvalue weighted by atomic mass is 32.2. The number of benzene rings is 1. The Labute approximate surface area is 135 Å². The van der Waals surface area contributed by atoms with Crippen LogP contribution in [0.2, 0.25) is 0 Å². The molecule has 1 fully saturated rings. The predicted molar refractivity (Wildman–Crippen MR) is 82.9 cm³/mol. The molecule has 1 unspecified atom stereocenters. The lowest BCUT2D eigenvalue weighted by Crippen LogP contribution is -2.53. The van der Waals surface area contributed by atoms with E-state index < -0.39 is 21.8 Å². The average molecular weight is 344 g/mol. The van der Waals surface area contributed by atoms with E-state index in [2.05, 4.69) is 4.74 Å². The van der Waals surface area contributed by atoms with E-state index in [1.807, 2.05) is 13.8 Å². The molecule has 128 valence electrons. The summed E-state index contributed by atoms with van der Waals surface area (Å²) in [6.07, 6.45) is 0.519. The van der Waals surface area contributed by atoms with Crippen molar-refractivity contribution in [2.45, 2.75) is 31.2 Å². The quantitative estimate of drug-likeness (QED) is 0.836. The molecule has 6 nitrogen and oxygen atoms in total. The highest BCUT2D eigenvalue weighted by Crippen LogP contribution is 2.31. The summed E-state index contributed by atoms with van der Waals surface area (Å²) < 4.78 is 45.1. The topological polar surface area (TPSA) is 89.7 Å². The number of halogens is 1. The number of nitrogens with two attached hydrogens (primary N) is 1. The summed E-state index contributed by atoms with van der Waals surface area (Å²) in [5.74, 6) is -1.60. The Hall–Kier alpha value is -1.51. The molecule has 2 N–H and O–H groups in total. The molecule has 1 saturated heterocycles. The lowest BCUT2D eigenvalue weighted by atomic mass is 9.81. The zero-order valence-electron chi connectivity index (χ0n) is 13.4. The van der Waals surface area contributed by atoms with Gasteiger partial charge < -0.3 is 10.5 Å². The highest BCUT2D eigenvalue weighted by molar-refractivity contribution is 7.89. The van der Waals surface area contributed by atoms with E-state index in [1.165, 1.54) is 4.31 Å². The van der Waals surface area contributed by atoms with Crippen LogP contribution in [0.25, 0.3) is 0 Å². The number of hydrogen-bond acceptors (Lipinski definition) is 5. The second kappa shape index (κ2) is 6.18. The van der Waals surface area contributed by atoms with Gasteiger partial charge in [0.1, 0.15) is 5.82 Å². The number of esters is 1. The van der Waals surface area contributed by atoms with Crippen LogP contribution in [-0.2, 0) is 14.8 Å². The van der Waals surface area contributed by atoms with Gasteiger partial charge in [-0.15, -0.1) is 0 Å². The van der Waals surface area contributed by atoms with Crippen LogP contribution in [0.3, 0.4) is 0 Å². The van der Waals surface area contributed by atoms with Gasteiger partial charge in [-0.2, -0.15) is 4.31 Å². The third-order valence-corrected chi connectivity index (χ3v) is 6.03. The van der Waals surface area contributed by atoms with E-state index in [-0.39, 0.29) is 35.0 Å². The molecule has 0 aliphatic carbocycles. The van der Waals surface area contributed by atoms with Gasteiger partial charge in [0.2, 0.25) is 10.0 Å². The average Bonchev–Trinajstić information content (AvgIpc) is 2.48. The fourth-order valence-corrected chi connectivity index (χ4v) is 4.31. The molecule has 0 bridgehead atoms. The minimum atomic E-state index is -3.91. The Bertz CT molecular complexity index is 718. The van der Waals surface area contributed by atoms with Gasteiger partial charge in [0.25, 0.3) is 0 Å². The number of methoxy groups -OCH3 is 1. The molecule has 8 heteroatoms. The molecule has 0 aromatic heterocycles. The van der Waals surface area contributed by atoms with Gasteiger partial charge in [0.15, 0.2) is 0 Å². The normalized spacial score (nSPS) is 21.9. The van der Waals surface area contributed by atoms with Crippen molar-refractivity contribution >= 4 is 16.0 Å². The number of piperidine rings is 1. The van der Waals surface area contributed by atoms with E-state index >= 15 is 0 Å². The molecule has 0 amide bonds. The van der Waals surface area contributed by atoms with Crippen molar-refractivity contribution in [2.75, 3.05) is 20.2 Å². The maximum Gasteiger partial charge on any atom is 0.337 e. The molecule has 1 aromatic carbocycles. The Kier molecular flexibility index (Phi) is 4.79. The second-order valence-corrected chi connectivity index (χ2v) is 8.33.